The molecule has 0 aromatic heterocycles. The lowest BCUT2D eigenvalue weighted by Gasteiger charge is -2.10. The quantitative estimate of drug-likeness (QED) is 0.842. The molecule has 0 fully saturated rings. The molecule has 0 unspecified atom stereocenters. The van der Waals surface area contributed by atoms with Crippen molar-refractivity contribution in [2.75, 3.05) is 19.5 Å². The van der Waals surface area contributed by atoms with Gasteiger partial charge in [0.2, 0.25) is 5.91 Å². The largest absolute Gasteiger partial charge is 0.496 e. The van der Waals surface area contributed by atoms with E-state index in [-0.39, 0.29) is 11.8 Å². The molecule has 2 rings (SSSR count). The maximum absolute atomic E-state index is 12.4. The van der Waals surface area contributed by atoms with E-state index in [4.69, 9.17) is 4.74 Å². The number of anilines is 1. The second-order valence-electron chi connectivity index (χ2n) is 4.85. The summed E-state index contributed by atoms with van der Waals surface area (Å²) in [5.74, 6) is 0.185. The number of ether oxygens (including phenoxy) is 1. The molecule has 0 heterocycles. The predicted octanol–water partition coefficient (Wildman–Crippen LogP) is 3.00. The lowest BCUT2D eigenvalue weighted by molar-refractivity contribution is -0.119. The number of methoxy groups -OCH3 is 1. The van der Waals surface area contributed by atoms with Gasteiger partial charge < -0.3 is 15.4 Å². The van der Waals surface area contributed by atoms with Crippen molar-refractivity contribution >= 4 is 33.4 Å². The molecular formula is C17H17BrN2O3. The van der Waals surface area contributed by atoms with Gasteiger partial charge in [-0.3, -0.25) is 9.59 Å². The number of carbonyl (C=O) groups excluding carboxylic acids is 2. The zero-order chi connectivity index (χ0) is 16.8. The van der Waals surface area contributed by atoms with Crippen LogP contribution in [-0.4, -0.2) is 26.0 Å². The molecule has 0 bridgehead atoms. The number of rotatable bonds is 5. The second kappa shape index (κ2) is 7.78. The summed E-state index contributed by atoms with van der Waals surface area (Å²) < 4.78 is 6.00. The normalized spacial score (nSPS) is 10.0. The van der Waals surface area contributed by atoms with Crippen molar-refractivity contribution in [3.63, 3.8) is 0 Å². The van der Waals surface area contributed by atoms with Crippen LogP contribution in [0.15, 0.2) is 46.9 Å². The highest BCUT2D eigenvalue weighted by Gasteiger charge is 2.13. The van der Waals surface area contributed by atoms with Gasteiger partial charge in [-0.05, 0) is 35.9 Å². The second-order valence-corrected chi connectivity index (χ2v) is 5.76. The van der Waals surface area contributed by atoms with E-state index >= 15 is 0 Å². The van der Waals surface area contributed by atoms with Crippen LogP contribution in [0.1, 0.15) is 15.9 Å². The number of benzene rings is 2. The summed E-state index contributed by atoms with van der Waals surface area (Å²) in [6.07, 6.45) is 0.310. The first-order valence-corrected chi connectivity index (χ1v) is 7.77. The van der Waals surface area contributed by atoms with Gasteiger partial charge in [0, 0.05) is 17.2 Å². The minimum Gasteiger partial charge on any atom is -0.496 e. The molecule has 2 amide bonds. The van der Waals surface area contributed by atoms with Crippen LogP contribution in [-0.2, 0) is 11.2 Å². The molecule has 0 radical (unpaired) electrons. The molecule has 23 heavy (non-hydrogen) atoms. The van der Waals surface area contributed by atoms with Gasteiger partial charge in [0.1, 0.15) is 5.75 Å². The molecule has 2 N–H and O–H groups in total. The van der Waals surface area contributed by atoms with Crippen LogP contribution in [0.5, 0.6) is 5.75 Å². The van der Waals surface area contributed by atoms with Crippen LogP contribution >= 0.6 is 15.9 Å². The predicted molar refractivity (Wildman–Crippen MR) is 92.9 cm³/mol. The Bertz CT molecular complexity index is 714. The number of nitrogens with one attached hydrogen (secondary N) is 2. The first-order valence-electron chi connectivity index (χ1n) is 6.98. The summed E-state index contributed by atoms with van der Waals surface area (Å²) in [6, 6.07) is 12.4. The lowest BCUT2D eigenvalue weighted by atomic mass is 10.1. The van der Waals surface area contributed by atoms with E-state index in [1.54, 1.807) is 31.3 Å². The van der Waals surface area contributed by atoms with Crippen molar-refractivity contribution in [3.05, 3.63) is 58.1 Å². The number of amides is 2. The van der Waals surface area contributed by atoms with E-state index < -0.39 is 0 Å². The molecule has 0 aliphatic heterocycles. The van der Waals surface area contributed by atoms with Crippen LogP contribution in [0.25, 0.3) is 0 Å². The van der Waals surface area contributed by atoms with Gasteiger partial charge in [0.25, 0.3) is 5.91 Å². The lowest BCUT2D eigenvalue weighted by Crippen LogP contribution is -2.19. The third kappa shape index (κ3) is 4.56. The van der Waals surface area contributed by atoms with Crippen molar-refractivity contribution in [2.24, 2.45) is 0 Å². The van der Waals surface area contributed by atoms with Crippen molar-refractivity contribution in [1.82, 2.24) is 5.32 Å². The highest BCUT2D eigenvalue weighted by Crippen LogP contribution is 2.24. The number of hydrogen-bond acceptors (Lipinski definition) is 3. The zero-order valence-electron chi connectivity index (χ0n) is 12.9. The molecule has 0 spiro atoms. The van der Waals surface area contributed by atoms with Gasteiger partial charge in [-0.15, -0.1) is 0 Å². The average molecular weight is 377 g/mol. The van der Waals surface area contributed by atoms with E-state index in [9.17, 15) is 9.59 Å². The number of hydrogen-bond donors (Lipinski definition) is 2. The van der Waals surface area contributed by atoms with Crippen LogP contribution in [0, 0.1) is 0 Å². The third-order valence-electron chi connectivity index (χ3n) is 3.26. The fourth-order valence-electron chi connectivity index (χ4n) is 2.04. The average Bonchev–Trinajstić information content (AvgIpc) is 2.56. The van der Waals surface area contributed by atoms with Gasteiger partial charge in [-0.1, -0.05) is 28.1 Å². The SMILES string of the molecule is CNC(=O)Cc1ccc(NC(=O)c2cc(Br)ccc2OC)cc1. The molecule has 2 aromatic carbocycles. The number of halogens is 1. The first kappa shape index (κ1) is 17.0. The van der Waals surface area contributed by atoms with E-state index in [1.165, 1.54) is 7.11 Å². The minimum atomic E-state index is -0.262. The van der Waals surface area contributed by atoms with Gasteiger partial charge in [0.05, 0.1) is 19.1 Å². The molecule has 6 heteroatoms. The first-order chi connectivity index (χ1) is 11.0. The summed E-state index contributed by atoms with van der Waals surface area (Å²) >= 11 is 3.35. The topological polar surface area (TPSA) is 67.4 Å². The van der Waals surface area contributed by atoms with E-state index in [0.717, 1.165) is 10.0 Å². The minimum absolute atomic E-state index is 0.0549. The van der Waals surface area contributed by atoms with Crippen LogP contribution in [0.3, 0.4) is 0 Å². The zero-order valence-corrected chi connectivity index (χ0v) is 14.4. The highest BCUT2D eigenvalue weighted by atomic mass is 79.9. The summed E-state index contributed by atoms with van der Waals surface area (Å²) in [5.41, 5.74) is 1.97. The van der Waals surface area contributed by atoms with Crippen molar-refractivity contribution in [3.8, 4) is 5.75 Å². The van der Waals surface area contributed by atoms with E-state index in [1.807, 2.05) is 18.2 Å². The summed E-state index contributed by atoms with van der Waals surface area (Å²) in [6.45, 7) is 0. The third-order valence-corrected chi connectivity index (χ3v) is 3.75. The van der Waals surface area contributed by atoms with Gasteiger partial charge >= 0.3 is 0 Å². The maximum Gasteiger partial charge on any atom is 0.259 e. The molecule has 0 aliphatic rings. The summed E-state index contributed by atoms with van der Waals surface area (Å²) in [4.78, 5) is 23.7. The molecule has 2 aromatic rings. The van der Waals surface area contributed by atoms with Crippen molar-refractivity contribution in [2.45, 2.75) is 6.42 Å². The van der Waals surface area contributed by atoms with Gasteiger partial charge in [-0.25, -0.2) is 0 Å². The molecule has 5 nitrogen and oxygen atoms in total. The Morgan fingerprint density at radius 1 is 1.13 bits per heavy atom. The Morgan fingerprint density at radius 3 is 2.43 bits per heavy atom. The van der Waals surface area contributed by atoms with Gasteiger partial charge in [0.15, 0.2) is 0 Å². The monoisotopic (exact) mass is 376 g/mol. The molecule has 0 saturated heterocycles. The molecule has 0 saturated carbocycles. The Kier molecular flexibility index (Phi) is 5.76. The van der Waals surface area contributed by atoms with Crippen LogP contribution in [0.2, 0.25) is 0 Å². The fourth-order valence-corrected chi connectivity index (χ4v) is 2.40. The fraction of sp³-hybridized carbons (Fsp3) is 0.176. The summed E-state index contributed by atoms with van der Waals surface area (Å²) in [7, 11) is 3.12. The molecule has 120 valence electrons. The van der Waals surface area contributed by atoms with E-state index in [0.29, 0.717) is 23.4 Å². The Hall–Kier alpha value is -2.34. The Labute approximate surface area is 143 Å². The number of carbonyl (C=O) groups is 2. The smallest absolute Gasteiger partial charge is 0.259 e. The molecule has 0 aliphatic carbocycles. The molecule has 0 atom stereocenters. The summed E-state index contributed by atoms with van der Waals surface area (Å²) in [5, 5.41) is 5.39. The van der Waals surface area contributed by atoms with Crippen LogP contribution < -0.4 is 15.4 Å². The Balaban J connectivity index is 2.11. The highest BCUT2D eigenvalue weighted by molar-refractivity contribution is 9.10. The molecular weight excluding hydrogens is 360 g/mol. The standard InChI is InChI=1S/C17H17BrN2O3/c1-19-16(21)9-11-3-6-13(7-4-11)20-17(22)14-10-12(18)5-8-15(14)23-2/h3-8,10H,9H2,1-2H3,(H,19,21)(H,20,22). The van der Waals surface area contributed by atoms with E-state index in [2.05, 4.69) is 26.6 Å². The van der Waals surface area contributed by atoms with Gasteiger partial charge in [-0.2, -0.15) is 0 Å². The maximum atomic E-state index is 12.4. The van der Waals surface area contributed by atoms with Crippen molar-refractivity contribution in [1.29, 1.82) is 0 Å². The number of likely N-dealkylation sites (N-methyl/N-ethyl adjacent to an activating group) is 1. The van der Waals surface area contributed by atoms with Crippen LogP contribution in [0.4, 0.5) is 5.69 Å². The Morgan fingerprint density at radius 2 is 1.83 bits per heavy atom. The van der Waals surface area contributed by atoms with Crippen molar-refractivity contribution < 1.29 is 14.3 Å².